The lowest BCUT2D eigenvalue weighted by Gasteiger charge is -2.39. The number of nitrogens with zero attached hydrogens (tertiary/aromatic N) is 2. The zero-order valence-electron chi connectivity index (χ0n) is 11.7. The Balaban J connectivity index is 2.05. The molecule has 1 heterocycles. The summed E-state index contributed by atoms with van der Waals surface area (Å²) < 4.78 is 2.40. The molecule has 2 aromatic rings. The molecule has 1 aliphatic rings. The predicted molar refractivity (Wildman–Crippen MR) is 80.9 cm³/mol. The topological polar surface area (TPSA) is 17.8 Å². The molecule has 1 saturated carbocycles. The van der Waals surface area contributed by atoms with Crippen molar-refractivity contribution >= 4 is 22.6 Å². The number of aromatic nitrogens is 2. The van der Waals surface area contributed by atoms with Crippen molar-refractivity contribution in [3.8, 4) is 0 Å². The van der Waals surface area contributed by atoms with E-state index in [4.69, 9.17) is 16.6 Å². The Morgan fingerprint density at radius 3 is 2.79 bits per heavy atom. The van der Waals surface area contributed by atoms with Gasteiger partial charge in [0.1, 0.15) is 5.82 Å². The SMILES string of the molecule is Cc1ccc2c(c1)nc(CCCl)n2CC1(C)CCC1. The van der Waals surface area contributed by atoms with Crippen LogP contribution in [-0.2, 0) is 13.0 Å². The number of hydrogen-bond acceptors (Lipinski definition) is 1. The summed E-state index contributed by atoms with van der Waals surface area (Å²) in [6.07, 6.45) is 4.89. The average molecular weight is 277 g/mol. The Labute approximate surface area is 119 Å². The van der Waals surface area contributed by atoms with Gasteiger partial charge in [-0.3, -0.25) is 0 Å². The molecule has 1 aromatic heterocycles. The van der Waals surface area contributed by atoms with Crippen LogP contribution in [0.2, 0.25) is 0 Å². The van der Waals surface area contributed by atoms with Crippen LogP contribution in [0.1, 0.15) is 37.6 Å². The van der Waals surface area contributed by atoms with E-state index in [1.807, 2.05) is 0 Å². The second-order valence-electron chi connectivity index (χ2n) is 6.21. The number of aryl methyl sites for hydroxylation is 2. The molecule has 3 rings (SSSR count). The van der Waals surface area contributed by atoms with Crippen molar-refractivity contribution in [2.24, 2.45) is 5.41 Å². The van der Waals surface area contributed by atoms with Crippen LogP contribution in [0.4, 0.5) is 0 Å². The molecule has 0 amide bonds. The van der Waals surface area contributed by atoms with E-state index in [9.17, 15) is 0 Å². The fourth-order valence-corrected chi connectivity index (χ4v) is 3.23. The first-order valence-electron chi connectivity index (χ1n) is 7.13. The molecule has 19 heavy (non-hydrogen) atoms. The minimum atomic E-state index is 0.458. The number of rotatable bonds is 4. The Morgan fingerprint density at radius 2 is 2.16 bits per heavy atom. The summed E-state index contributed by atoms with van der Waals surface area (Å²) >= 11 is 5.93. The van der Waals surface area contributed by atoms with Gasteiger partial charge in [0.2, 0.25) is 0 Å². The van der Waals surface area contributed by atoms with Crippen LogP contribution in [-0.4, -0.2) is 15.4 Å². The highest BCUT2D eigenvalue weighted by molar-refractivity contribution is 6.17. The first-order chi connectivity index (χ1) is 9.11. The quantitative estimate of drug-likeness (QED) is 0.761. The summed E-state index contributed by atoms with van der Waals surface area (Å²) in [5.74, 6) is 1.78. The summed E-state index contributed by atoms with van der Waals surface area (Å²) in [5.41, 5.74) is 4.10. The maximum absolute atomic E-state index is 5.93. The second kappa shape index (κ2) is 4.82. The molecule has 1 fully saturated rings. The Morgan fingerprint density at radius 1 is 1.37 bits per heavy atom. The lowest BCUT2D eigenvalue weighted by molar-refractivity contribution is 0.132. The number of benzene rings is 1. The summed E-state index contributed by atoms with van der Waals surface area (Å²) in [4.78, 5) is 4.78. The van der Waals surface area contributed by atoms with E-state index in [1.165, 1.54) is 30.3 Å². The third-order valence-corrected chi connectivity index (χ3v) is 4.59. The molecule has 1 aromatic carbocycles. The van der Waals surface area contributed by atoms with Crippen LogP contribution >= 0.6 is 11.6 Å². The summed E-state index contributed by atoms with van der Waals surface area (Å²) in [6, 6.07) is 6.55. The van der Waals surface area contributed by atoms with Crippen LogP contribution in [0, 0.1) is 12.3 Å². The lowest BCUT2D eigenvalue weighted by Crippen LogP contribution is -2.31. The zero-order chi connectivity index (χ0) is 13.5. The summed E-state index contributed by atoms with van der Waals surface area (Å²) in [7, 11) is 0. The molecule has 3 heteroatoms. The largest absolute Gasteiger partial charge is 0.327 e. The van der Waals surface area contributed by atoms with Gasteiger partial charge in [-0.15, -0.1) is 11.6 Å². The van der Waals surface area contributed by atoms with Crippen molar-refractivity contribution in [3.63, 3.8) is 0 Å². The molecule has 2 nitrogen and oxygen atoms in total. The van der Waals surface area contributed by atoms with Gasteiger partial charge in [0.15, 0.2) is 0 Å². The van der Waals surface area contributed by atoms with Gasteiger partial charge in [0.25, 0.3) is 0 Å². The normalized spacial score (nSPS) is 17.6. The van der Waals surface area contributed by atoms with Gasteiger partial charge in [0, 0.05) is 18.8 Å². The second-order valence-corrected chi connectivity index (χ2v) is 6.59. The molecule has 0 saturated heterocycles. The lowest BCUT2D eigenvalue weighted by atomic mass is 9.70. The molecule has 1 aliphatic carbocycles. The molecule has 102 valence electrons. The number of alkyl halides is 1. The molecular weight excluding hydrogens is 256 g/mol. The van der Waals surface area contributed by atoms with E-state index in [-0.39, 0.29) is 0 Å². The van der Waals surface area contributed by atoms with Gasteiger partial charge < -0.3 is 4.57 Å². The number of fused-ring (bicyclic) bond motifs is 1. The fourth-order valence-electron chi connectivity index (χ4n) is 3.06. The Bertz CT molecular complexity index is 596. The maximum atomic E-state index is 5.93. The molecule has 0 spiro atoms. The first-order valence-corrected chi connectivity index (χ1v) is 7.66. The minimum absolute atomic E-state index is 0.458. The van der Waals surface area contributed by atoms with Crippen molar-refractivity contribution in [1.82, 2.24) is 9.55 Å². The molecule has 0 radical (unpaired) electrons. The monoisotopic (exact) mass is 276 g/mol. The standard InChI is InChI=1S/C16H21ClN2/c1-12-4-5-14-13(10-12)18-15(6-9-17)19(14)11-16(2)7-3-8-16/h4-5,10H,3,6-9,11H2,1-2H3. The minimum Gasteiger partial charge on any atom is -0.327 e. The Hall–Kier alpha value is -1.02. The van der Waals surface area contributed by atoms with Gasteiger partial charge in [-0.1, -0.05) is 19.4 Å². The van der Waals surface area contributed by atoms with E-state index in [1.54, 1.807) is 0 Å². The van der Waals surface area contributed by atoms with Gasteiger partial charge in [0.05, 0.1) is 11.0 Å². The van der Waals surface area contributed by atoms with E-state index in [2.05, 4.69) is 36.6 Å². The molecule has 0 unspecified atom stereocenters. The number of halogens is 1. The van der Waals surface area contributed by atoms with Crippen molar-refractivity contribution in [3.05, 3.63) is 29.6 Å². The molecule has 0 N–H and O–H groups in total. The van der Waals surface area contributed by atoms with Crippen molar-refractivity contribution in [2.45, 2.75) is 46.1 Å². The van der Waals surface area contributed by atoms with Gasteiger partial charge >= 0.3 is 0 Å². The molecule has 0 atom stereocenters. The average Bonchev–Trinajstić information content (AvgIpc) is 2.65. The highest BCUT2D eigenvalue weighted by Crippen LogP contribution is 2.42. The third-order valence-electron chi connectivity index (χ3n) is 4.40. The highest BCUT2D eigenvalue weighted by Gasteiger charge is 2.33. The molecular formula is C16H21ClN2. The van der Waals surface area contributed by atoms with Crippen molar-refractivity contribution in [1.29, 1.82) is 0 Å². The summed E-state index contributed by atoms with van der Waals surface area (Å²) in [6.45, 7) is 5.59. The van der Waals surface area contributed by atoms with Crippen molar-refractivity contribution < 1.29 is 0 Å². The number of hydrogen-bond donors (Lipinski definition) is 0. The third kappa shape index (κ3) is 2.38. The van der Waals surface area contributed by atoms with Gasteiger partial charge in [-0.25, -0.2) is 4.98 Å². The van der Waals surface area contributed by atoms with E-state index in [0.717, 1.165) is 24.3 Å². The molecule has 0 bridgehead atoms. The first kappa shape index (κ1) is 13.0. The fraction of sp³-hybridized carbons (Fsp3) is 0.562. The van der Waals surface area contributed by atoms with Crippen molar-refractivity contribution in [2.75, 3.05) is 5.88 Å². The van der Waals surface area contributed by atoms with Crippen LogP contribution in [0.25, 0.3) is 11.0 Å². The van der Waals surface area contributed by atoms with Gasteiger partial charge in [-0.2, -0.15) is 0 Å². The van der Waals surface area contributed by atoms with Crippen LogP contribution in [0.5, 0.6) is 0 Å². The highest BCUT2D eigenvalue weighted by atomic mass is 35.5. The van der Waals surface area contributed by atoms with E-state index < -0.39 is 0 Å². The smallest absolute Gasteiger partial charge is 0.111 e. The Kier molecular flexibility index (Phi) is 3.30. The van der Waals surface area contributed by atoms with E-state index in [0.29, 0.717) is 11.3 Å². The zero-order valence-corrected chi connectivity index (χ0v) is 12.5. The van der Waals surface area contributed by atoms with Gasteiger partial charge in [-0.05, 0) is 42.9 Å². The van der Waals surface area contributed by atoms with Crippen LogP contribution in [0.3, 0.4) is 0 Å². The van der Waals surface area contributed by atoms with E-state index >= 15 is 0 Å². The molecule has 0 aliphatic heterocycles. The summed E-state index contributed by atoms with van der Waals surface area (Å²) in [5, 5.41) is 0. The van der Waals surface area contributed by atoms with Crippen LogP contribution < -0.4 is 0 Å². The van der Waals surface area contributed by atoms with Crippen LogP contribution in [0.15, 0.2) is 18.2 Å². The predicted octanol–water partition coefficient (Wildman–Crippen LogP) is 4.32. The maximum Gasteiger partial charge on any atom is 0.111 e. The number of imidazole rings is 1.